The number of likely N-dealkylation sites (N-methyl/N-ethyl adjacent to an activating group) is 1. The van der Waals surface area contributed by atoms with Crippen LogP contribution in [-0.2, 0) is 0 Å². The van der Waals surface area contributed by atoms with Gasteiger partial charge in [0.25, 0.3) is 0 Å². The van der Waals surface area contributed by atoms with Gasteiger partial charge in [0.2, 0.25) is 0 Å². The number of nitrogens with zero attached hydrogens (tertiary/aromatic N) is 1. The van der Waals surface area contributed by atoms with E-state index in [1.54, 1.807) is 31.2 Å². The van der Waals surface area contributed by atoms with E-state index < -0.39 is 17.7 Å². The molecule has 2 aromatic rings. The third-order valence-corrected chi connectivity index (χ3v) is 3.48. The molecule has 1 atom stereocenters. The Kier molecular flexibility index (Phi) is 4.75. The molecule has 21 heavy (non-hydrogen) atoms. The molecule has 0 saturated carbocycles. The molecule has 0 saturated heterocycles. The molecule has 0 heterocycles. The molecule has 3 nitrogen and oxygen atoms in total. The second-order valence-electron chi connectivity index (χ2n) is 4.70. The second-order valence-corrected chi connectivity index (χ2v) is 4.70. The molecule has 0 bridgehead atoms. The van der Waals surface area contributed by atoms with Crippen molar-refractivity contribution in [3.05, 3.63) is 59.7 Å². The number of hydrogen-bond acceptors (Lipinski definition) is 3. The smallest absolute Gasteiger partial charge is 0.131 e. The van der Waals surface area contributed by atoms with Gasteiger partial charge in [-0.15, -0.1) is 0 Å². The van der Waals surface area contributed by atoms with Crippen LogP contribution in [0, 0.1) is 11.6 Å². The summed E-state index contributed by atoms with van der Waals surface area (Å²) in [6, 6.07) is 10.5. The monoisotopic (exact) mass is 292 g/mol. The Hall–Kier alpha value is -2.14. The van der Waals surface area contributed by atoms with Gasteiger partial charge in [0.05, 0.1) is 13.2 Å². The number of rotatable bonds is 5. The van der Waals surface area contributed by atoms with E-state index in [1.807, 2.05) is 12.1 Å². The normalized spacial score (nSPS) is 12.0. The zero-order valence-corrected chi connectivity index (χ0v) is 12.0. The first-order valence-electron chi connectivity index (χ1n) is 6.59. The van der Waals surface area contributed by atoms with Crippen LogP contribution in [0.4, 0.5) is 14.5 Å². The van der Waals surface area contributed by atoms with Crippen LogP contribution >= 0.6 is 0 Å². The first-order chi connectivity index (χ1) is 10.1. The van der Waals surface area contributed by atoms with E-state index in [0.717, 1.165) is 5.69 Å². The molecule has 1 unspecified atom stereocenters. The van der Waals surface area contributed by atoms with Crippen molar-refractivity contribution in [2.45, 2.75) is 6.04 Å². The van der Waals surface area contributed by atoms with E-state index in [2.05, 4.69) is 0 Å². The third kappa shape index (κ3) is 3.13. The maximum Gasteiger partial charge on any atom is 0.131 e. The average molecular weight is 292 g/mol. The summed E-state index contributed by atoms with van der Waals surface area (Å²) in [5, 5.41) is 0. The number of ether oxygens (including phenoxy) is 1. The van der Waals surface area contributed by atoms with Gasteiger partial charge in [-0.05, 0) is 24.3 Å². The number of methoxy groups -OCH3 is 1. The van der Waals surface area contributed by atoms with Crippen LogP contribution in [-0.4, -0.2) is 20.7 Å². The molecule has 0 aromatic heterocycles. The second kappa shape index (κ2) is 6.54. The highest BCUT2D eigenvalue weighted by molar-refractivity contribution is 5.52. The molecule has 0 aliphatic carbocycles. The highest BCUT2D eigenvalue weighted by Crippen LogP contribution is 2.30. The van der Waals surface area contributed by atoms with Crippen molar-refractivity contribution in [3.63, 3.8) is 0 Å². The van der Waals surface area contributed by atoms with Crippen LogP contribution in [0.25, 0.3) is 0 Å². The van der Waals surface area contributed by atoms with Crippen LogP contribution in [0.3, 0.4) is 0 Å². The first-order valence-corrected chi connectivity index (χ1v) is 6.59. The lowest BCUT2D eigenvalue weighted by Crippen LogP contribution is -2.32. The molecule has 2 N–H and O–H groups in total. The van der Waals surface area contributed by atoms with Crippen molar-refractivity contribution in [2.75, 3.05) is 25.6 Å². The Labute approximate surface area is 122 Å². The van der Waals surface area contributed by atoms with Gasteiger partial charge in [-0.25, -0.2) is 8.78 Å². The van der Waals surface area contributed by atoms with Gasteiger partial charge < -0.3 is 15.4 Å². The standard InChI is InChI=1S/C16H18F2N2O/c1-20(11-5-3-6-12(9-11)21-2)15(10-19)16-13(17)7-4-8-14(16)18/h3-9,15H,10,19H2,1-2H3. The van der Waals surface area contributed by atoms with Crippen molar-refractivity contribution < 1.29 is 13.5 Å². The number of nitrogens with two attached hydrogens (primary N) is 1. The summed E-state index contributed by atoms with van der Waals surface area (Å²) in [5.41, 5.74) is 6.49. The van der Waals surface area contributed by atoms with Crippen molar-refractivity contribution in [2.24, 2.45) is 5.73 Å². The predicted molar refractivity (Wildman–Crippen MR) is 79.6 cm³/mol. The molecule has 0 amide bonds. The van der Waals surface area contributed by atoms with E-state index in [0.29, 0.717) is 5.75 Å². The Morgan fingerprint density at radius 2 is 1.76 bits per heavy atom. The number of anilines is 1. The summed E-state index contributed by atoms with van der Waals surface area (Å²) in [6.45, 7) is 0.0889. The molecule has 0 spiro atoms. The zero-order chi connectivity index (χ0) is 15.4. The molecule has 2 rings (SSSR count). The van der Waals surface area contributed by atoms with Gasteiger partial charge in [0.1, 0.15) is 17.4 Å². The van der Waals surface area contributed by atoms with Crippen molar-refractivity contribution >= 4 is 5.69 Å². The highest BCUT2D eigenvalue weighted by atomic mass is 19.1. The molecule has 112 valence electrons. The number of benzene rings is 2. The van der Waals surface area contributed by atoms with Gasteiger partial charge in [-0.3, -0.25) is 0 Å². The van der Waals surface area contributed by atoms with Crippen LogP contribution in [0.15, 0.2) is 42.5 Å². The molecule has 2 aromatic carbocycles. The van der Waals surface area contributed by atoms with Crippen LogP contribution in [0.5, 0.6) is 5.75 Å². The highest BCUT2D eigenvalue weighted by Gasteiger charge is 2.23. The van der Waals surface area contributed by atoms with E-state index >= 15 is 0 Å². The quantitative estimate of drug-likeness (QED) is 0.920. The average Bonchev–Trinajstić information content (AvgIpc) is 2.50. The summed E-state index contributed by atoms with van der Waals surface area (Å²) >= 11 is 0. The lowest BCUT2D eigenvalue weighted by atomic mass is 10.0. The maximum absolute atomic E-state index is 14.0. The van der Waals surface area contributed by atoms with Crippen LogP contribution < -0.4 is 15.4 Å². The van der Waals surface area contributed by atoms with Crippen LogP contribution in [0.1, 0.15) is 11.6 Å². The van der Waals surface area contributed by atoms with Gasteiger partial charge in [0.15, 0.2) is 0 Å². The minimum absolute atomic E-state index is 0.0229. The van der Waals surface area contributed by atoms with E-state index in [4.69, 9.17) is 10.5 Å². The third-order valence-electron chi connectivity index (χ3n) is 3.48. The summed E-state index contributed by atoms with van der Waals surface area (Å²) in [6.07, 6.45) is 0. The van der Waals surface area contributed by atoms with E-state index in [1.165, 1.54) is 18.2 Å². The predicted octanol–water partition coefficient (Wildman–Crippen LogP) is 3.11. The Morgan fingerprint density at radius 1 is 1.14 bits per heavy atom. The van der Waals surface area contributed by atoms with Crippen molar-refractivity contribution in [3.8, 4) is 5.75 Å². The lowest BCUT2D eigenvalue weighted by Gasteiger charge is -2.30. The minimum Gasteiger partial charge on any atom is -0.497 e. The fourth-order valence-electron chi connectivity index (χ4n) is 2.31. The largest absolute Gasteiger partial charge is 0.497 e. The molecule has 0 radical (unpaired) electrons. The Balaban J connectivity index is 2.40. The number of hydrogen-bond donors (Lipinski definition) is 1. The number of halogens is 2. The summed E-state index contributed by atoms with van der Waals surface area (Å²) in [5.74, 6) is -0.524. The molecule has 0 aliphatic heterocycles. The molecular weight excluding hydrogens is 274 g/mol. The minimum atomic E-state index is -0.599. The van der Waals surface area contributed by atoms with Gasteiger partial charge >= 0.3 is 0 Å². The Morgan fingerprint density at radius 3 is 2.33 bits per heavy atom. The summed E-state index contributed by atoms with van der Waals surface area (Å²) in [4.78, 5) is 1.74. The maximum atomic E-state index is 14.0. The van der Waals surface area contributed by atoms with Crippen molar-refractivity contribution in [1.29, 1.82) is 0 Å². The Bertz CT molecular complexity index is 599. The zero-order valence-electron chi connectivity index (χ0n) is 12.0. The van der Waals surface area contributed by atoms with Gasteiger partial charge in [0, 0.05) is 30.9 Å². The summed E-state index contributed by atoms with van der Waals surface area (Å²) < 4.78 is 33.1. The first kappa shape index (κ1) is 15.3. The molecule has 5 heteroatoms. The lowest BCUT2D eigenvalue weighted by molar-refractivity contribution is 0.414. The SMILES string of the molecule is COc1cccc(N(C)C(CN)c2c(F)cccc2F)c1. The molecule has 0 fully saturated rings. The summed E-state index contributed by atoms with van der Waals surface area (Å²) in [7, 11) is 3.31. The topological polar surface area (TPSA) is 38.5 Å². The molecular formula is C16H18F2N2O. The van der Waals surface area contributed by atoms with E-state index in [-0.39, 0.29) is 12.1 Å². The van der Waals surface area contributed by atoms with Gasteiger partial charge in [-0.1, -0.05) is 12.1 Å². The molecule has 0 aliphatic rings. The fraction of sp³-hybridized carbons (Fsp3) is 0.250. The van der Waals surface area contributed by atoms with Crippen molar-refractivity contribution in [1.82, 2.24) is 0 Å². The van der Waals surface area contributed by atoms with E-state index in [9.17, 15) is 8.78 Å². The van der Waals surface area contributed by atoms with Crippen LogP contribution in [0.2, 0.25) is 0 Å². The van der Waals surface area contributed by atoms with Gasteiger partial charge in [-0.2, -0.15) is 0 Å². The fourth-order valence-corrected chi connectivity index (χ4v) is 2.31.